The van der Waals surface area contributed by atoms with Gasteiger partial charge in [0, 0.05) is 12.3 Å². The first kappa shape index (κ1) is 13.6. The van der Waals surface area contributed by atoms with Crippen LogP contribution in [0.25, 0.3) is 6.08 Å². The Labute approximate surface area is 123 Å². The number of allylic oxidation sites excluding steroid dienone is 3. The largest absolute Gasteiger partial charge is 0.454 e. The van der Waals surface area contributed by atoms with Crippen molar-refractivity contribution in [3.8, 4) is 11.5 Å². The maximum Gasteiger partial charge on any atom is 0.231 e. The van der Waals surface area contributed by atoms with Crippen LogP contribution in [0.4, 0.5) is 0 Å². The molecule has 0 bridgehead atoms. The van der Waals surface area contributed by atoms with Crippen molar-refractivity contribution in [2.45, 2.75) is 19.3 Å². The molecule has 4 heteroatoms. The average molecular weight is 284 g/mol. The summed E-state index contributed by atoms with van der Waals surface area (Å²) in [5.41, 5.74) is 0.877. The molecule has 0 aromatic heterocycles. The van der Waals surface area contributed by atoms with Gasteiger partial charge in [-0.25, -0.2) is 0 Å². The van der Waals surface area contributed by atoms with E-state index in [4.69, 9.17) is 9.47 Å². The third kappa shape index (κ3) is 3.21. The van der Waals surface area contributed by atoms with E-state index in [-0.39, 0.29) is 30.7 Å². The SMILES string of the molecule is O=C(C=Cc1ccc2c(c1)OCO2)CC1CCC=CC1=O. The predicted molar refractivity (Wildman–Crippen MR) is 78.1 cm³/mol. The van der Waals surface area contributed by atoms with E-state index >= 15 is 0 Å². The second-order valence-electron chi connectivity index (χ2n) is 5.20. The fourth-order valence-corrected chi connectivity index (χ4v) is 2.49. The van der Waals surface area contributed by atoms with Gasteiger partial charge in [-0.1, -0.05) is 18.2 Å². The molecular formula is C17H16O4. The summed E-state index contributed by atoms with van der Waals surface area (Å²) >= 11 is 0. The van der Waals surface area contributed by atoms with Gasteiger partial charge >= 0.3 is 0 Å². The molecule has 4 nitrogen and oxygen atoms in total. The lowest BCUT2D eigenvalue weighted by Crippen LogP contribution is -2.18. The number of carbonyl (C=O) groups is 2. The number of carbonyl (C=O) groups excluding carboxylic acids is 2. The van der Waals surface area contributed by atoms with Gasteiger partial charge in [0.1, 0.15) is 0 Å². The van der Waals surface area contributed by atoms with E-state index < -0.39 is 0 Å². The molecule has 108 valence electrons. The van der Waals surface area contributed by atoms with E-state index in [2.05, 4.69) is 0 Å². The molecule has 1 heterocycles. The van der Waals surface area contributed by atoms with Crippen molar-refractivity contribution in [2.75, 3.05) is 6.79 Å². The van der Waals surface area contributed by atoms with Crippen molar-refractivity contribution in [2.24, 2.45) is 5.92 Å². The van der Waals surface area contributed by atoms with E-state index in [0.29, 0.717) is 5.75 Å². The number of rotatable bonds is 4. The second kappa shape index (κ2) is 5.95. The number of fused-ring (bicyclic) bond motifs is 1. The van der Waals surface area contributed by atoms with Gasteiger partial charge in [-0.3, -0.25) is 9.59 Å². The van der Waals surface area contributed by atoms with Gasteiger partial charge in [0.25, 0.3) is 0 Å². The molecule has 0 amide bonds. The van der Waals surface area contributed by atoms with Gasteiger partial charge in [-0.2, -0.15) is 0 Å². The van der Waals surface area contributed by atoms with Crippen LogP contribution in [0.1, 0.15) is 24.8 Å². The molecule has 0 saturated carbocycles. The van der Waals surface area contributed by atoms with Crippen molar-refractivity contribution in [1.82, 2.24) is 0 Å². The van der Waals surface area contributed by atoms with Gasteiger partial charge in [-0.15, -0.1) is 0 Å². The Morgan fingerprint density at radius 1 is 1.29 bits per heavy atom. The van der Waals surface area contributed by atoms with Crippen LogP contribution in [0, 0.1) is 5.92 Å². The summed E-state index contributed by atoms with van der Waals surface area (Å²) in [5.74, 6) is 1.28. The zero-order valence-corrected chi connectivity index (χ0v) is 11.6. The topological polar surface area (TPSA) is 52.6 Å². The van der Waals surface area contributed by atoms with E-state index in [1.165, 1.54) is 6.08 Å². The molecule has 0 fully saturated rings. The van der Waals surface area contributed by atoms with Crippen LogP contribution in [0.2, 0.25) is 0 Å². The Kier molecular flexibility index (Phi) is 3.86. The minimum absolute atomic E-state index is 0.0266. The quantitative estimate of drug-likeness (QED) is 0.798. The molecule has 2 aliphatic rings. The summed E-state index contributed by atoms with van der Waals surface area (Å²) in [7, 11) is 0. The maximum atomic E-state index is 11.9. The van der Waals surface area contributed by atoms with Crippen LogP contribution < -0.4 is 9.47 Å². The summed E-state index contributed by atoms with van der Waals surface area (Å²) in [6.07, 6.45) is 8.64. The van der Waals surface area contributed by atoms with Crippen LogP contribution in [-0.4, -0.2) is 18.4 Å². The van der Waals surface area contributed by atoms with Crippen molar-refractivity contribution >= 4 is 17.6 Å². The molecule has 1 aromatic rings. The monoisotopic (exact) mass is 284 g/mol. The van der Waals surface area contributed by atoms with Crippen molar-refractivity contribution in [1.29, 1.82) is 0 Å². The highest BCUT2D eigenvalue weighted by atomic mass is 16.7. The maximum absolute atomic E-state index is 11.9. The van der Waals surface area contributed by atoms with Gasteiger partial charge in [-0.05, 0) is 42.7 Å². The van der Waals surface area contributed by atoms with Crippen LogP contribution >= 0.6 is 0 Å². The molecule has 0 spiro atoms. The highest BCUT2D eigenvalue weighted by molar-refractivity contribution is 5.99. The summed E-state index contributed by atoms with van der Waals surface area (Å²) < 4.78 is 10.5. The summed E-state index contributed by atoms with van der Waals surface area (Å²) in [4.78, 5) is 23.6. The first-order valence-electron chi connectivity index (χ1n) is 7.03. The second-order valence-corrected chi connectivity index (χ2v) is 5.20. The lowest BCUT2D eigenvalue weighted by atomic mass is 9.88. The lowest BCUT2D eigenvalue weighted by molar-refractivity contribution is -0.123. The number of hydrogen-bond acceptors (Lipinski definition) is 4. The highest BCUT2D eigenvalue weighted by Crippen LogP contribution is 2.32. The highest BCUT2D eigenvalue weighted by Gasteiger charge is 2.20. The van der Waals surface area contributed by atoms with Gasteiger partial charge in [0.2, 0.25) is 6.79 Å². The Bertz CT molecular complexity index is 628. The van der Waals surface area contributed by atoms with Crippen molar-refractivity contribution < 1.29 is 19.1 Å². The number of benzene rings is 1. The molecule has 3 rings (SSSR count). The molecule has 21 heavy (non-hydrogen) atoms. The number of ketones is 2. The Morgan fingerprint density at radius 2 is 2.14 bits per heavy atom. The summed E-state index contributed by atoms with van der Waals surface area (Å²) in [5, 5.41) is 0. The van der Waals surface area contributed by atoms with Gasteiger partial charge < -0.3 is 9.47 Å². The van der Waals surface area contributed by atoms with Gasteiger partial charge in [0.15, 0.2) is 23.1 Å². The molecule has 0 saturated heterocycles. The van der Waals surface area contributed by atoms with E-state index in [0.717, 1.165) is 24.2 Å². The lowest BCUT2D eigenvalue weighted by Gasteiger charge is -2.14. The van der Waals surface area contributed by atoms with Crippen molar-refractivity contribution in [3.05, 3.63) is 42.0 Å². The Hall–Kier alpha value is -2.36. The molecule has 1 unspecified atom stereocenters. The number of ether oxygens (including phenoxy) is 2. The van der Waals surface area contributed by atoms with E-state index in [9.17, 15) is 9.59 Å². The first-order chi connectivity index (χ1) is 10.2. The summed E-state index contributed by atoms with van der Waals surface area (Å²) in [6, 6.07) is 5.52. The molecule has 1 aliphatic heterocycles. The van der Waals surface area contributed by atoms with E-state index in [1.807, 2.05) is 24.3 Å². The Balaban J connectivity index is 1.61. The normalized spacial score (nSPS) is 20.2. The average Bonchev–Trinajstić information content (AvgIpc) is 2.95. The Morgan fingerprint density at radius 3 is 3.00 bits per heavy atom. The fraction of sp³-hybridized carbons (Fsp3) is 0.294. The molecule has 0 N–H and O–H groups in total. The van der Waals surface area contributed by atoms with Crippen LogP contribution in [0.15, 0.2) is 36.4 Å². The van der Waals surface area contributed by atoms with E-state index in [1.54, 1.807) is 12.2 Å². The minimum Gasteiger partial charge on any atom is -0.454 e. The first-order valence-corrected chi connectivity index (χ1v) is 7.03. The van der Waals surface area contributed by atoms with Crippen LogP contribution in [0.3, 0.4) is 0 Å². The fourth-order valence-electron chi connectivity index (χ4n) is 2.49. The molecule has 0 radical (unpaired) electrons. The standard InChI is InChI=1S/C17H16O4/c18-14(10-13-3-1-2-4-15(13)19)7-5-12-6-8-16-17(9-12)21-11-20-16/h2,4-9,13H,1,3,10-11H2. The molecule has 1 aromatic carbocycles. The van der Waals surface area contributed by atoms with Gasteiger partial charge in [0.05, 0.1) is 0 Å². The van der Waals surface area contributed by atoms with Crippen LogP contribution in [0.5, 0.6) is 11.5 Å². The molecule has 1 atom stereocenters. The minimum atomic E-state index is -0.163. The smallest absolute Gasteiger partial charge is 0.231 e. The summed E-state index contributed by atoms with van der Waals surface area (Å²) in [6.45, 7) is 0.235. The third-order valence-corrected chi connectivity index (χ3v) is 3.67. The zero-order valence-electron chi connectivity index (χ0n) is 11.6. The number of hydrogen-bond donors (Lipinski definition) is 0. The molecular weight excluding hydrogens is 268 g/mol. The van der Waals surface area contributed by atoms with Crippen LogP contribution in [-0.2, 0) is 9.59 Å². The van der Waals surface area contributed by atoms with Crippen molar-refractivity contribution in [3.63, 3.8) is 0 Å². The predicted octanol–water partition coefficient (Wildman–Crippen LogP) is 2.92. The zero-order chi connectivity index (χ0) is 14.7. The molecule has 1 aliphatic carbocycles. The third-order valence-electron chi connectivity index (χ3n) is 3.67.